The predicted molar refractivity (Wildman–Crippen MR) is 120 cm³/mol. The number of hydrogen-bond acceptors (Lipinski definition) is 8. The molecule has 0 spiro atoms. The lowest BCUT2D eigenvalue weighted by Gasteiger charge is -2.35. The molecule has 3 aromatic heterocycles. The zero-order chi connectivity index (χ0) is 21.5. The van der Waals surface area contributed by atoms with E-state index in [4.69, 9.17) is 10.9 Å². The average molecular weight is 437 g/mol. The topological polar surface area (TPSA) is 87.4 Å². The number of aromatic nitrogens is 3. The third-order valence-electron chi connectivity index (χ3n) is 5.13. The van der Waals surface area contributed by atoms with Crippen LogP contribution in [0.25, 0.3) is 10.7 Å². The molecule has 8 nitrogen and oxygen atoms in total. The van der Waals surface area contributed by atoms with E-state index >= 15 is 0 Å². The van der Waals surface area contributed by atoms with E-state index in [0.29, 0.717) is 17.3 Å². The van der Waals surface area contributed by atoms with Crippen LogP contribution in [0.1, 0.15) is 22.7 Å². The number of nitrogens with one attached hydrogen (secondary N) is 1. The number of anilines is 1. The molecule has 0 radical (unpaired) electrons. The van der Waals surface area contributed by atoms with Crippen molar-refractivity contribution in [2.45, 2.75) is 12.8 Å². The SMILES string of the molecule is C#CCNC(=O)c1ccc(N2CCN(CCCc3nc(-c4cccs4)no3)CC2)nc1. The molecule has 160 valence electrons. The number of piperazine rings is 1. The normalized spacial score (nSPS) is 14.4. The van der Waals surface area contributed by atoms with Crippen molar-refractivity contribution in [3.8, 4) is 23.0 Å². The third kappa shape index (κ3) is 5.48. The fourth-order valence-corrected chi connectivity index (χ4v) is 4.11. The summed E-state index contributed by atoms with van der Waals surface area (Å²) in [6.07, 6.45) is 8.52. The molecule has 1 saturated heterocycles. The highest BCUT2D eigenvalue weighted by molar-refractivity contribution is 7.13. The van der Waals surface area contributed by atoms with E-state index in [1.807, 2.05) is 23.6 Å². The predicted octanol–water partition coefficient (Wildman–Crippen LogP) is 2.31. The molecule has 3 aromatic rings. The molecular formula is C22H24N6O2S. The van der Waals surface area contributed by atoms with Crippen LogP contribution in [0.15, 0.2) is 40.4 Å². The van der Waals surface area contributed by atoms with Crippen LogP contribution >= 0.6 is 11.3 Å². The van der Waals surface area contributed by atoms with Crippen LogP contribution in [0, 0.1) is 12.3 Å². The minimum atomic E-state index is -0.203. The molecule has 1 amide bonds. The molecule has 0 saturated carbocycles. The van der Waals surface area contributed by atoms with E-state index in [0.717, 1.165) is 56.3 Å². The van der Waals surface area contributed by atoms with Gasteiger partial charge in [0.1, 0.15) is 5.82 Å². The Balaban J connectivity index is 1.19. The molecule has 1 aliphatic heterocycles. The standard InChI is InChI=1S/C22H24N6O2S/c1-2-9-23-22(29)17-7-8-19(24-16-17)28-13-11-27(12-14-28)10-3-6-20-25-21(26-30-20)18-5-4-15-31-18/h1,4-5,7-8,15-16H,3,6,9-14H2,(H,23,29). The first-order chi connectivity index (χ1) is 15.2. The van der Waals surface area contributed by atoms with Crippen molar-refractivity contribution in [3.63, 3.8) is 0 Å². The van der Waals surface area contributed by atoms with Gasteiger partial charge >= 0.3 is 0 Å². The van der Waals surface area contributed by atoms with E-state index in [2.05, 4.69) is 36.2 Å². The summed E-state index contributed by atoms with van der Waals surface area (Å²) in [5.41, 5.74) is 0.515. The molecule has 4 rings (SSSR count). The first kappa shape index (κ1) is 21.0. The van der Waals surface area contributed by atoms with Gasteiger partial charge in [-0.05, 0) is 36.5 Å². The summed E-state index contributed by atoms with van der Waals surface area (Å²) in [5, 5.41) is 8.71. The van der Waals surface area contributed by atoms with Crippen molar-refractivity contribution >= 4 is 23.1 Å². The largest absolute Gasteiger partial charge is 0.354 e. The van der Waals surface area contributed by atoms with E-state index < -0.39 is 0 Å². The second-order valence-corrected chi connectivity index (χ2v) is 8.16. The Morgan fingerprint density at radius 3 is 2.84 bits per heavy atom. The summed E-state index contributed by atoms with van der Waals surface area (Å²) in [6, 6.07) is 7.66. The summed E-state index contributed by atoms with van der Waals surface area (Å²) >= 11 is 1.61. The lowest BCUT2D eigenvalue weighted by atomic mass is 10.2. The first-order valence-electron chi connectivity index (χ1n) is 10.2. The first-order valence-corrected chi connectivity index (χ1v) is 11.1. The van der Waals surface area contributed by atoms with Gasteiger partial charge in [0.25, 0.3) is 5.91 Å². The van der Waals surface area contributed by atoms with Crippen molar-refractivity contribution < 1.29 is 9.32 Å². The Morgan fingerprint density at radius 1 is 1.26 bits per heavy atom. The Bertz CT molecular complexity index is 1020. The molecular weight excluding hydrogens is 412 g/mol. The fraction of sp³-hybridized carbons (Fsp3) is 0.364. The van der Waals surface area contributed by atoms with Gasteiger partial charge in [0.05, 0.1) is 17.0 Å². The van der Waals surface area contributed by atoms with E-state index in [1.165, 1.54) is 0 Å². The Morgan fingerprint density at radius 2 is 2.13 bits per heavy atom. The van der Waals surface area contributed by atoms with Crippen molar-refractivity contribution in [1.82, 2.24) is 25.3 Å². The molecule has 0 bridgehead atoms. The summed E-state index contributed by atoms with van der Waals surface area (Å²) in [6.45, 7) is 4.95. The fourth-order valence-electron chi connectivity index (χ4n) is 3.46. The third-order valence-corrected chi connectivity index (χ3v) is 6.00. The monoisotopic (exact) mass is 436 g/mol. The maximum atomic E-state index is 11.9. The van der Waals surface area contributed by atoms with Gasteiger partial charge in [-0.25, -0.2) is 4.98 Å². The van der Waals surface area contributed by atoms with Gasteiger partial charge in [0.2, 0.25) is 11.7 Å². The number of hydrogen-bond donors (Lipinski definition) is 1. The minimum absolute atomic E-state index is 0.203. The van der Waals surface area contributed by atoms with Crippen molar-refractivity contribution in [2.24, 2.45) is 0 Å². The van der Waals surface area contributed by atoms with E-state index in [9.17, 15) is 4.79 Å². The van der Waals surface area contributed by atoms with Crippen LogP contribution < -0.4 is 10.2 Å². The molecule has 31 heavy (non-hydrogen) atoms. The van der Waals surface area contributed by atoms with Crippen LogP contribution in [-0.2, 0) is 6.42 Å². The lowest BCUT2D eigenvalue weighted by Crippen LogP contribution is -2.47. The van der Waals surface area contributed by atoms with Crippen LogP contribution in [0.4, 0.5) is 5.82 Å². The number of thiophene rings is 1. The molecule has 0 unspecified atom stereocenters. The maximum absolute atomic E-state index is 11.9. The minimum Gasteiger partial charge on any atom is -0.354 e. The van der Waals surface area contributed by atoms with Crippen LogP contribution in [0.3, 0.4) is 0 Å². The molecule has 1 fully saturated rings. The summed E-state index contributed by atoms with van der Waals surface area (Å²) in [5.74, 6) is 4.44. The quantitative estimate of drug-likeness (QED) is 0.542. The Labute approximate surface area is 185 Å². The molecule has 9 heteroatoms. The van der Waals surface area contributed by atoms with Crippen LogP contribution in [-0.4, -0.2) is 65.2 Å². The van der Waals surface area contributed by atoms with E-state index in [-0.39, 0.29) is 12.5 Å². The molecule has 0 aromatic carbocycles. The number of terminal acetylenes is 1. The summed E-state index contributed by atoms with van der Waals surface area (Å²) < 4.78 is 5.37. The lowest BCUT2D eigenvalue weighted by molar-refractivity contribution is 0.0958. The molecule has 1 aliphatic rings. The average Bonchev–Trinajstić information content (AvgIpc) is 3.50. The smallest absolute Gasteiger partial charge is 0.253 e. The van der Waals surface area contributed by atoms with Crippen molar-refractivity contribution in [2.75, 3.05) is 44.2 Å². The highest BCUT2D eigenvalue weighted by atomic mass is 32.1. The maximum Gasteiger partial charge on any atom is 0.253 e. The Kier molecular flexibility index (Phi) is 6.92. The zero-order valence-corrected chi connectivity index (χ0v) is 18.0. The number of amides is 1. The van der Waals surface area contributed by atoms with Crippen LogP contribution in [0.2, 0.25) is 0 Å². The van der Waals surface area contributed by atoms with Gasteiger partial charge in [-0.2, -0.15) is 4.98 Å². The highest BCUT2D eigenvalue weighted by Gasteiger charge is 2.18. The van der Waals surface area contributed by atoms with Gasteiger partial charge in [0, 0.05) is 38.8 Å². The molecule has 0 aliphatic carbocycles. The van der Waals surface area contributed by atoms with Gasteiger partial charge in [-0.15, -0.1) is 17.8 Å². The second kappa shape index (κ2) is 10.2. The van der Waals surface area contributed by atoms with Crippen molar-refractivity contribution in [1.29, 1.82) is 0 Å². The second-order valence-electron chi connectivity index (χ2n) is 7.21. The van der Waals surface area contributed by atoms with Gasteiger partial charge in [-0.3, -0.25) is 9.69 Å². The molecule has 0 atom stereocenters. The van der Waals surface area contributed by atoms with Gasteiger partial charge in [0.15, 0.2) is 0 Å². The summed E-state index contributed by atoms with van der Waals surface area (Å²) in [7, 11) is 0. The summed E-state index contributed by atoms with van der Waals surface area (Å²) in [4.78, 5) is 26.6. The van der Waals surface area contributed by atoms with Gasteiger partial charge in [-0.1, -0.05) is 17.1 Å². The Hall–Kier alpha value is -3.22. The molecule has 1 N–H and O–H groups in total. The van der Waals surface area contributed by atoms with Gasteiger partial charge < -0.3 is 14.7 Å². The zero-order valence-electron chi connectivity index (χ0n) is 17.2. The highest BCUT2D eigenvalue weighted by Crippen LogP contribution is 2.21. The number of carbonyl (C=O) groups is 1. The number of carbonyl (C=O) groups excluding carboxylic acids is 1. The van der Waals surface area contributed by atoms with Crippen molar-refractivity contribution in [3.05, 3.63) is 47.3 Å². The molecule has 4 heterocycles. The number of pyridine rings is 1. The number of rotatable bonds is 8. The van der Waals surface area contributed by atoms with E-state index in [1.54, 1.807) is 23.6 Å². The number of nitrogens with zero attached hydrogens (tertiary/aromatic N) is 5. The number of aryl methyl sites for hydroxylation is 1. The van der Waals surface area contributed by atoms with Crippen LogP contribution in [0.5, 0.6) is 0 Å².